The molecule has 0 spiro atoms. The van der Waals surface area contributed by atoms with Gasteiger partial charge in [0.05, 0.1) is 31.3 Å². The molecule has 2 aliphatic heterocycles. The second-order valence-corrected chi connectivity index (χ2v) is 10.0. The maximum Gasteiger partial charge on any atom is 0.435 e. The topological polar surface area (TPSA) is 100 Å². The van der Waals surface area contributed by atoms with Gasteiger partial charge in [-0.25, -0.2) is 4.79 Å². The Labute approximate surface area is 228 Å². The van der Waals surface area contributed by atoms with E-state index in [2.05, 4.69) is 27.3 Å². The third-order valence-electron chi connectivity index (χ3n) is 7.43. The van der Waals surface area contributed by atoms with Crippen LogP contribution in [0.3, 0.4) is 0 Å². The molecule has 5 rings (SSSR count). The number of benzene rings is 2. The van der Waals surface area contributed by atoms with E-state index in [1.807, 2.05) is 49.4 Å². The first-order chi connectivity index (χ1) is 18.9. The van der Waals surface area contributed by atoms with Crippen molar-refractivity contribution in [3.63, 3.8) is 0 Å². The number of aromatic nitrogens is 2. The van der Waals surface area contributed by atoms with E-state index >= 15 is 0 Å². The van der Waals surface area contributed by atoms with E-state index in [0.717, 1.165) is 42.1 Å². The first-order valence-electron chi connectivity index (χ1n) is 13.3. The first kappa shape index (κ1) is 26.4. The molecule has 1 fully saturated rings. The van der Waals surface area contributed by atoms with Gasteiger partial charge in [-0.05, 0) is 50.7 Å². The molecule has 0 bridgehead atoms. The van der Waals surface area contributed by atoms with Gasteiger partial charge in [-0.1, -0.05) is 30.3 Å². The summed E-state index contributed by atoms with van der Waals surface area (Å²) in [5, 5.41) is 7.23. The van der Waals surface area contributed by atoms with Gasteiger partial charge in [0, 0.05) is 43.0 Å². The lowest BCUT2D eigenvalue weighted by atomic mass is 10.00. The molecule has 2 amide bonds. The summed E-state index contributed by atoms with van der Waals surface area (Å²) in [6, 6.07) is 17.1. The first-order valence-corrected chi connectivity index (χ1v) is 13.3. The predicted molar refractivity (Wildman–Crippen MR) is 148 cm³/mol. The maximum absolute atomic E-state index is 13.3. The van der Waals surface area contributed by atoms with Crippen LogP contribution in [0.25, 0.3) is 0 Å². The molecule has 1 saturated heterocycles. The Balaban J connectivity index is 1.34. The SMILES string of the molecule is CCOC(=O)n1nc(NC(=O)c2ccc(N3CCN(C)CC3)cc2)c2c1CN(C(=O)[C@H](C)c1ccccc1)C2. The maximum atomic E-state index is 13.3. The van der Waals surface area contributed by atoms with Crippen LogP contribution in [-0.4, -0.2) is 77.3 Å². The van der Waals surface area contributed by atoms with Crippen molar-refractivity contribution in [3.8, 4) is 0 Å². The molecule has 1 atom stereocenters. The van der Waals surface area contributed by atoms with Crippen molar-refractivity contribution in [2.24, 2.45) is 0 Å². The van der Waals surface area contributed by atoms with Gasteiger partial charge in [-0.15, -0.1) is 5.10 Å². The zero-order chi connectivity index (χ0) is 27.5. The summed E-state index contributed by atoms with van der Waals surface area (Å²) in [5.74, 6) is -0.492. The Morgan fingerprint density at radius 3 is 2.33 bits per heavy atom. The van der Waals surface area contributed by atoms with Crippen LogP contribution in [0.15, 0.2) is 54.6 Å². The van der Waals surface area contributed by atoms with Crippen LogP contribution in [0.5, 0.6) is 0 Å². The minimum absolute atomic E-state index is 0.0652. The predicted octanol–water partition coefficient (Wildman–Crippen LogP) is 3.54. The molecule has 2 aromatic carbocycles. The zero-order valence-electron chi connectivity index (χ0n) is 22.6. The Kier molecular flexibility index (Phi) is 7.65. The van der Waals surface area contributed by atoms with E-state index in [1.165, 1.54) is 0 Å². The number of ether oxygens (including phenoxy) is 1. The van der Waals surface area contributed by atoms with Crippen LogP contribution in [0.4, 0.5) is 16.3 Å². The van der Waals surface area contributed by atoms with Gasteiger partial charge in [0.1, 0.15) is 0 Å². The number of hydrogen-bond acceptors (Lipinski definition) is 7. The number of amides is 2. The Morgan fingerprint density at radius 1 is 0.974 bits per heavy atom. The fourth-order valence-electron chi connectivity index (χ4n) is 5.06. The summed E-state index contributed by atoms with van der Waals surface area (Å²) in [5.41, 5.74) is 3.66. The molecule has 0 unspecified atom stereocenters. The molecule has 3 aromatic rings. The number of nitrogens with zero attached hydrogens (tertiary/aromatic N) is 5. The van der Waals surface area contributed by atoms with Crippen LogP contribution in [0.2, 0.25) is 0 Å². The van der Waals surface area contributed by atoms with Gasteiger partial charge in [0.2, 0.25) is 5.91 Å². The quantitative estimate of drug-likeness (QED) is 0.520. The highest BCUT2D eigenvalue weighted by atomic mass is 16.6. The third kappa shape index (κ3) is 5.51. The van der Waals surface area contributed by atoms with Gasteiger partial charge in [-0.2, -0.15) is 4.68 Å². The lowest BCUT2D eigenvalue weighted by molar-refractivity contribution is -0.133. The van der Waals surface area contributed by atoms with Crippen LogP contribution in [-0.2, 0) is 22.6 Å². The fourth-order valence-corrected chi connectivity index (χ4v) is 5.06. The smallest absolute Gasteiger partial charge is 0.435 e. The zero-order valence-corrected chi connectivity index (χ0v) is 22.6. The molecule has 10 nitrogen and oxygen atoms in total. The number of rotatable bonds is 6. The molecule has 39 heavy (non-hydrogen) atoms. The number of nitrogens with one attached hydrogen (secondary N) is 1. The number of carbonyl (C=O) groups is 3. The minimum Gasteiger partial charge on any atom is -0.448 e. The number of fused-ring (bicyclic) bond motifs is 1. The Hall–Kier alpha value is -4.18. The van der Waals surface area contributed by atoms with E-state index < -0.39 is 6.09 Å². The summed E-state index contributed by atoms with van der Waals surface area (Å²) in [4.78, 5) is 45.5. The van der Waals surface area contributed by atoms with Gasteiger partial charge in [0.15, 0.2) is 5.82 Å². The number of carbonyl (C=O) groups excluding carboxylic acids is 3. The largest absolute Gasteiger partial charge is 0.448 e. The molecule has 204 valence electrons. The second kappa shape index (κ2) is 11.3. The molecule has 0 radical (unpaired) electrons. The van der Waals surface area contributed by atoms with Crippen molar-refractivity contribution in [1.82, 2.24) is 19.6 Å². The van der Waals surface area contributed by atoms with Crippen molar-refractivity contribution in [2.75, 3.05) is 50.1 Å². The van der Waals surface area contributed by atoms with Crippen LogP contribution in [0.1, 0.15) is 46.9 Å². The highest BCUT2D eigenvalue weighted by molar-refractivity contribution is 6.04. The van der Waals surface area contributed by atoms with Crippen molar-refractivity contribution >= 4 is 29.4 Å². The summed E-state index contributed by atoms with van der Waals surface area (Å²) < 4.78 is 6.34. The molecule has 1 N–H and O–H groups in total. The Morgan fingerprint density at radius 2 is 1.67 bits per heavy atom. The standard InChI is InChI=1S/C29H34N6O4/c1-4-39-29(38)35-25-19-34(28(37)20(2)21-8-6-5-7-9-21)18-24(25)26(31-35)30-27(36)22-10-12-23(13-11-22)33-16-14-32(3)15-17-33/h5-13,20H,4,14-19H2,1-3H3,(H,30,31,36)/t20-/m1/s1. The highest BCUT2D eigenvalue weighted by Crippen LogP contribution is 2.32. The average Bonchev–Trinajstić information content (AvgIpc) is 3.54. The van der Waals surface area contributed by atoms with Crippen molar-refractivity contribution in [1.29, 1.82) is 0 Å². The monoisotopic (exact) mass is 530 g/mol. The molecule has 2 aliphatic rings. The number of hydrogen-bond donors (Lipinski definition) is 1. The van der Waals surface area contributed by atoms with Gasteiger partial charge >= 0.3 is 6.09 Å². The normalized spacial score (nSPS) is 16.1. The number of piperazine rings is 1. The summed E-state index contributed by atoms with van der Waals surface area (Å²) in [6.45, 7) is 8.09. The molecular weight excluding hydrogens is 496 g/mol. The van der Waals surface area contributed by atoms with Gasteiger partial charge < -0.3 is 24.8 Å². The Bertz CT molecular complexity index is 1350. The molecule has 0 aliphatic carbocycles. The molecule has 1 aromatic heterocycles. The van der Waals surface area contributed by atoms with Crippen molar-refractivity contribution in [3.05, 3.63) is 77.0 Å². The average molecular weight is 531 g/mol. The van der Waals surface area contributed by atoms with Gasteiger partial charge in [0.25, 0.3) is 5.91 Å². The van der Waals surface area contributed by atoms with Crippen LogP contribution in [0, 0.1) is 0 Å². The van der Waals surface area contributed by atoms with E-state index in [0.29, 0.717) is 16.8 Å². The summed E-state index contributed by atoms with van der Waals surface area (Å²) in [7, 11) is 2.11. The molecular formula is C29H34N6O4. The van der Waals surface area contributed by atoms with Gasteiger partial charge in [-0.3, -0.25) is 9.59 Å². The lowest BCUT2D eigenvalue weighted by Crippen LogP contribution is -2.44. The van der Waals surface area contributed by atoms with E-state index in [4.69, 9.17) is 4.74 Å². The second-order valence-electron chi connectivity index (χ2n) is 10.0. The number of likely N-dealkylation sites (N-methyl/N-ethyl adjacent to an activating group) is 1. The van der Waals surface area contributed by atoms with E-state index in [9.17, 15) is 14.4 Å². The molecule has 0 saturated carbocycles. The summed E-state index contributed by atoms with van der Waals surface area (Å²) >= 11 is 0. The van der Waals surface area contributed by atoms with Crippen molar-refractivity contribution < 1.29 is 19.1 Å². The fraction of sp³-hybridized carbons (Fsp3) is 0.379. The molecule has 3 heterocycles. The van der Waals surface area contributed by atoms with Crippen molar-refractivity contribution in [2.45, 2.75) is 32.9 Å². The third-order valence-corrected chi connectivity index (χ3v) is 7.43. The highest BCUT2D eigenvalue weighted by Gasteiger charge is 2.35. The van der Waals surface area contributed by atoms with E-state index in [1.54, 1.807) is 24.0 Å². The van der Waals surface area contributed by atoms with E-state index in [-0.39, 0.29) is 43.2 Å². The number of anilines is 2. The summed E-state index contributed by atoms with van der Waals surface area (Å²) in [6.07, 6.45) is -0.642. The van der Waals surface area contributed by atoms with Crippen LogP contribution >= 0.6 is 0 Å². The van der Waals surface area contributed by atoms with Crippen LogP contribution < -0.4 is 10.2 Å². The minimum atomic E-state index is -0.642. The molecule has 10 heteroatoms. The lowest BCUT2D eigenvalue weighted by Gasteiger charge is -2.34.